The van der Waals surface area contributed by atoms with Gasteiger partial charge in [0.15, 0.2) is 0 Å². The molecule has 94 valence electrons. The van der Waals surface area contributed by atoms with Gasteiger partial charge in [0.2, 0.25) is 0 Å². The Morgan fingerprint density at radius 2 is 1.56 bits per heavy atom. The molecule has 2 rings (SSSR count). The first-order chi connectivity index (χ1) is 7.66. The second kappa shape index (κ2) is 5.77. The number of thiol groups is 1. The highest BCUT2D eigenvalue weighted by Gasteiger charge is 2.28. The average molecular weight is 241 g/mol. The van der Waals surface area contributed by atoms with Crippen LogP contribution in [0.15, 0.2) is 0 Å². The van der Waals surface area contributed by atoms with Crippen LogP contribution in [0.2, 0.25) is 0 Å². The molecule has 0 spiro atoms. The van der Waals surface area contributed by atoms with Crippen molar-refractivity contribution in [2.45, 2.75) is 63.7 Å². The second-order valence-electron chi connectivity index (χ2n) is 6.03. The monoisotopic (exact) mass is 241 g/mol. The van der Waals surface area contributed by atoms with Crippen LogP contribution in [0.5, 0.6) is 0 Å². The minimum absolute atomic E-state index is 0.599. The van der Waals surface area contributed by atoms with Gasteiger partial charge in [-0.3, -0.25) is 0 Å². The van der Waals surface area contributed by atoms with E-state index in [1.54, 1.807) is 0 Å². The smallest absolute Gasteiger partial charge is 0.00954 e. The van der Waals surface area contributed by atoms with E-state index >= 15 is 0 Å². The maximum atomic E-state index is 4.60. The van der Waals surface area contributed by atoms with Crippen molar-refractivity contribution in [2.75, 3.05) is 13.1 Å². The number of rotatable bonds is 2. The van der Waals surface area contributed by atoms with Crippen molar-refractivity contribution < 1.29 is 0 Å². The lowest BCUT2D eigenvalue weighted by atomic mass is 9.82. The van der Waals surface area contributed by atoms with Gasteiger partial charge in [0, 0.05) is 11.3 Å². The van der Waals surface area contributed by atoms with Gasteiger partial charge in [-0.25, -0.2) is 0 Å². The third-order valence-electron chi connectivity index (χ3n) is 4.76. The number of nitrogens with zero attached hydrogens (tertiary/aromatic N) is 1. The van der Waals surface area contributed by atoms with E-state index < -0.39 is 0 Å². The van der Waals surface area contributed by atoms with Crippen LogP contribution in [0.3, 0.4) is 0 Å². The normalized spacial score (nSPS) is 36.2. The van der Waals surface area contributed by atoms with Crippen LogP contribution in [0, 0.1) is 11.8 Å². The Bertz CT molecular complexity index is 201. The zero-order chi connectivity index (χ0) is 11.5. The van der Waals surface area contributed by atoms with Gasteiger partial charge < -0.3 is 4.90 Å². The largest absolute Gasteiger partial charge is 0.300 e. The SMILES string of the molecule is CC1CCN(C2CCC(C(C)S)CC2)CC1. The summed E-state index contributed by atoms with van der Waals surface area (Å²) in [6.45, 7) is 7.37. The molecular weight excluding hydrogens is 214 g/mol. The lowest BCUT2D eigenvalue weighted by molar-refractivity contribution is 0.0983. The summed E-state index contributed by atoms with van der Waals surface area (Å²) >= 11 is 4.60. The Morgan fingerprint density at radius 1 is 1.00 bits per heavy atom. The molecule has 1 atom stereocenters. The van der Waals surface area contributed by atoms with Crippen molar-refractivity contribution in [2.24, 2.45) is 11.8 Å². The summed E-state index contributed by atoms with van der Waals surface area (Å²) in [5, 5.41) is 0.599. The standard InChI is InChI=1S/C14H27NS/c1-11-7-9-15(10-8-11)14-5-3-13(4-6-14)12(2)16/h11-14,16H,3-10H2,1-2H3. The van der Waals surface area contributed by atoms with E-state index in [0.717, 1.165) is 17.9 Å². The van der Waals surface area contributed by atoms with Crippen molar-refractivity contribution in [3.05, 3.63) is 0 Å². The molecule has 1 nitrogen and oxygen atoms in total. The van der Waals surface area contributed by atoms with E-state index in [0.29, 0.717) is 5.25 Å². The molecule has 0 amide bonds. The number of likely N-dealkylation sites (tertiary alicyclic amines) is 1. The van der Waals surface area contributed by atoms with Crippen molar-refractivity contribution >= 4 is 12.6 Å². The van der Waals surface area contributed by atoms with Crippen LogP contribution in [0.4, 0.5) is 0 Å². The molecule has 1 saturated carbocycles. The molecule has 0 bridgehead atoms. The first kappa shape index (κ1) is 12.8. The number of hydrogen-bond donors (Lipinski definition) is 1. The lowest BCUT2D eigenvalue weighted by Crippen LogP contribution is -2.43. The average Bonchev–Trinajstić information content (AvgIpc) is 2.30. The molecule has 0 aromatic heterocycles. The number of piperidine rings is 1. The van der Waals surface area contributed by atoms with Crippen molar-refractivity contribution in [3.8, 4) is 0 Å². The summed E-state index contributed by atoms with van der Waals surface area (Å²) < 4.78 is 0. The first-order valence-electron chi connectivity index (χ1n) is 7.09. The molecule has 1 unspecified atom stereocenters. The zero-order valence-electron chi connectivity index (χ0n) is 10.9. The van der Waals surface area contributed by atoms with Gasteiger partial charge in [0.05, 0.1) is 0 Å². The summed E-state index contributed by atoms with van der Waals surface area (Å²) in [4.78, 5) is 2.76. The van der Waals surface area contributed by atoms with Gasteiger partial charge in [0.25, 0.3) is 0 Å². The lowest BCUT2D eigenvalue weighted by Gasteiger charge is -2.40. The first-order valence-corrected chi connectivity index (χ1v) is 7.60. The summed E-state index contributed by atoms with van der Waals surface area (Å²) in [5.41, 5.74) is 0. The van der Waals surface area contributed by atoms with Crippen LogP contribution in [0.25, 0.3) is 0 Å². The molecule has 16 heavy (non-hydrogen) atoms. The van der Waals surface area contributed by atoms with E-state index in [-0.39, 0.29) is 0 Å². The topological polar surface area (TPSA) is 3.24 Å². The molecule has 0 aromatic carbocycles. The Kier molecular flexibility index (Phi) is 4.60. The van der Waals surface area contributed by atoms with Gasteiger partial charge in [-0.2, -0.15) is 12.6 Å². The molecule has 2 aliphatic rings. The highest BCUT2D eigenvalue weighted by Crippen LogP contribution is 2.33. The number of hydrogen-bond acceptors (Lipinski definition) is 2. The van der Waals surface area contributed by atoms with Gasteiger partial charge in [0.1, 0.15) is 0 Å². The van der Waals surface area contributed by atoms with Crippen LogP contribution in [-0.2, 0) is 0 Å². The highest BCUT2D eigenvalue weighted by molar-refractivity contribution is 7.80. The summed E-state index contributed by atoms with van der Waals surface area (Å²) in [5.74, 6) is 1.84. The fourth-order valence-corrected chi connectivity index (χ4v) is 3.64. The van der Waals surface area contributed by atoms with Crippen LogP contribution in [0.1, 0.15) is 52.4 Å². The molecule has 1 aliphatic heterocycles. The van der Waals surface area contributed by atoms with Gasteiger partial charge in [-0.05, 0) is 63.5 Å². The Labute approximate surface area is 106 Å². The highest BCUT2D eigenvalue weighted by atomic mass is 32.1. The molecule has 0 radical (unpaired) electrons. The summed E-state index contributed by atoms with van der Waals surface area (Å²) in [6, 6.07) is 0.899. The minimum Gasteiger partial charge on any atom is -0.300 e. The molecule has 1 heterocycles. The maximum Gasteiger partial charge on any atom is 0.00954 e. The fourth-order valence-electron chi connectivity index (χ4n) is 3.34. The predicted molar refractivity (Wildman–Crippen MR) is 74.2 cm³/mol. The van der Waals surface area contributed by atoms with Crippen LogP contribution >= 0.6 is 12.6 Å². The molecule has 1 saturated heterocycles. The summed E-state index contributed by atoms with van der Waals surface area (Å²) in [7, 11) is 0. The maximum absolute atomic E-state index is 4.60. The minimum atomic E-state index is 0.599. The van der Waals surface area contributed by atoms with Gasteiger partial charge in [-0.1, -0.05) is 13.8 Å². The molecule has 0 aromatic rings. The molecular formula is C14H27NS. The third-order valence-corrected chi connectivity index (χ3v) is 5.18. The second-order valence-corrected chi connectivity index (χ2v) is 6.84. The molecule has 1 aliphatic carbocycles. The Hall–Kier alpha value is 0.310. The van der Waals surface area contributed by atoms with Crippen LogP contribution < -0.4 is 0 Å². The predicted octanol–water partition coefficient (Wildman–Crippen LogP) is 3.60. The van der Waals surface area contributed by atoms with Gasteiger partial charge in [-0.15, -0.1) is 0 Å². The molecule has 2 fully saturated rings. The van der Waals surface area contributed by atoms with E-state index in [2.05, 4.69) is 31.4 Å². The van der Waals surface area contributed by atoms with Crippen LogP contribution in [-0.4, -0.2) is 29.3 Å². The van der Waals surface area contributed by atoms with E-state index in [1.807, 2.05) is 0 Å². The van der Waals surface area contributed by atoms with E-state index in [9.17, 15) is 0 Å². The third kappa shape index (κ3) is 3.16. The van der Waals surface area contributed by atoms with Gasteiger partial charge >= 0.3 is 0 Å². The van der Waals surface area contributed by atoms with Crippen molar-refractivity contribution in [3.63, 3.8) is 0 Å². The zero-order valence-corrected chi connectivity index (χ0v) is 11.8. The summed E-state index contributed by atoms with van der Waals surface area (Å²) in [6.07, 6.45) is 8.49. The molecule has 2 heteroatoms. The molecule has 0 N–H and O–H groups in total. The fraction of sp³-hybridized carbons (Fsp3) is 1.00. The van der Waals surface area contributed by atoms with E-state index in [4.69, 9.17) is 0 Å². The quantitative estimate of drug-likeness (QED) is 0.723. The van der Waals surface area contributed by atoms with Crippen molar-refractivity contribution in [1.29, 1.82) is 0 Å². The Morgan fingerprint density at radius 3 is 2.06 bits per heavy atom. The Balaban J connectivity index is 1.76. The van der Waals surface area contributed by atoms with Crippen molar-refractivity contribution in [1.82, 2.24) is 4.90 Å². The van der Waals surface area contributed by atoms with E-state index in [1.165, 1.54) is 51.6 Å².